The molecule has 0 aliphatic heterocycles. The zero-order valence-electron chi connectivity index (χ0n) is 18.0. The molecule has 5 nitrogen and oxygen atoms in total. The normalized spacial score (nSPS) is 10.9. The van der Waals surface area contributed by atoms with Crippen LogP contribution in [0.5, 0.6) is 5.75 Å². The van der Waals surface area contributed by atoms with Crippen LogP contribution in [-0.2, 0) is 6.54 Å². The lowest BCUT2D eigenvalue weighted by atomic mass is 10.0. The molecule has 0 N–H and O–H groups in total. The van der Waals surface area contributed by atoms with Gasteiger partial charge < -0.3 is 14.1 Å². The summed E-state index contributed by atoms with van der Waals surface area (Å²) in [6.45, 7) is 1.89. The molecule has 4 rings (SSSR count). The summed E-state index contributed by atoms with van der Waals surface area (Å²) < 4.78 is 25.1. The van der Waals surface area contributed by atoms with E-state index in [0.29, 0.717) is 22.3 Å². The number of methoxy groups -OCH3 is 1. The fraction of sp³-hybridized carbons (Fsp3) is 0.154. The molecule has 0 spiro atoms. The largest absolute Gasteiger partial charge is 0.494 e. The first-order valence-electron chi connectivity index (χ1n) is 10.1. The summed E-state index contributed by atoms with van der Waals surface area (Å²) in [6, 6.07) is 18.8. The molecule has 0 saturated carbocycles. The number of hydrogen-bond acceptors (Lipinski definition) is 4. The number of fused-ring (bicyclic) bond motifs is 1. The topological polar surface area (TPSA) is 59.8 Å². The van der Waals surface area contributed by atoms with Gasteiger partial charge in [0.1, 0.15) is 5.76 Å². The quantitative estimate of drug-likeness (QED) is 0.436. The van der Waals surface area contributed by atoms with Crippen molar-refractivity contribution in [2.45, 2.75) is 13.5 Å². The second-order valence-corrected chi connectivity index (χ2v) is 7.56. The average molecular weight is 431 g/mol. The number of para-hydroxylation sites is 1. The summed E-state index contributed by atoms with van der Waals surface area (Å²) in [5.41, 5.74) is 2.18. The maximum absolute atomic E-state index is 14.0. The minimum atomic E-state index is -0.495. The van der Waals surface area contributed by atoms with Crippen LogP contribution in [0.1, 0.15) is 21.5 Å². The average Bonchev–Trinajstić information content (AvgIpc) is 2.81. The first kappa shape index (κ1) is 21.3. The molecule has 162 valence electrons. The lowest BCUT2D eigenvalue weighted by Crippen LogP contribution is -2.26. The maximum Gasteiger partial charge on any atom is 0.257 e. The molecule has 0 aliphatic rings. The van der Waals surface area contributed by atoms with Gasteiger partial charge in [-0.2, -0.15) is 0 Å². The van der Waals surface area contributed by atoms with Crippen molar-refractivity contribution in [2.24, 2.45) is 0 Å². The van der Waals surface area contributed by atoms with Gasteiger partial charge in [0.25, 0.3) is 5.91 Å². The molecule has 0 bridgehead atoms. The zero-order valence-corrected chi connectivity index (χ0v) is 18.0. The first-order chi connectivity index (χ1) is 15.4. The number of nitrogens with zero attached hydrogens (tertiary/aromatic N) is 1. The van der Waals surface area contributed by atoms with E-state index in [1.165, 1.54) is 24.1 Å². The van der Waals surface area contributed by atoms with Crippen molar-refractivity contribution >= 4 is 16.9 Å². The van der Waals surface area contributed by atoms with Crippen LogP contribution in [0.3, 0.4) is 0 Å². The van der Waals surface area contributed by atoms with Gasteiger partial charge in [-0.1, -0.05) is 42.5 Å². The van der Waals surface area contributed by atoms with Gasteiger partial charge in [0.05, 0.1) is 18.1 Å². The van der Waals surface area contributed by atoms with Crippen molar-refractivity contribution in [3.05, 3.63) is 99.5 Å². The van der Waals surface area contributed by atoms with E-state index in [9.17, 15) is 14.0 Å². The Morgan fingerprint density at radius 3 is 2.50 bits per heavy atom. The van der Waals surface area contributed by atoms with Crippen molar-refractivity contribution in [1.29, 1.82) is 0 Å². The predicted molar refractivity (Wildman–Crippen MR) is 121 cm³/mol. The first-order valence-corrected chi connectivity index (χ1v) is 10.1. The second kappa shape index (κ2) is 8.67. The van der Waals surface area contributed by atoms with Crippen LogP contribution in [0.15, 0.2) is 75.9 Å². The summed E-state index contributed by atoms with van der Waals surface area (Å²) in [4.78, 5) is 27.7. The Morgan fingerprint density at radius 1 is 1.06 bits per heavy atom. The van der Waals surface area contributed by atoms with Crippen LogP contribution in [0.2, 0.25) is 0 Å². The smallest absolute Gasteiger partial charge is 0.257 e. The van der Waals surface area contributed by atoms with E-state index in [2.05, 4.69) is 0 Å². The molecule has 0 radical (unpaired) electrons. The molecule has 4 aromatic rings. The number of ether oxygens (including phenoxy) is 1. The number of rotatable bonds is 5. The molecule has 0 aliphatic carbocycles. The van der Waals surface area contributed by atoms with E-state index in [-0.39, 0.29) is 34.8 Å². The summed E-state index contributed by atoms with van der Waals surface area (Å²) in [6.07, 6.45) is 0. The number of benzene rings is 3. The number of carbonyl (C=O) groups is 1. The Labute approximate surface area is 184 Å². The van der Waals surface area contributed by atoms with Gasteiger partial charge in [-0.15, -0.1) is 0 Å². The van der Waals surface area contributed by atoms with Crippen LogP contribution in [0, 0.1) is 12.7 Å². The molecule has 32 heavy (non-hydrogen) atoms. The zero-order chi connectivity index (χ0) is 22.8. The van der Waals surface area contributed by atoms with Gasteiger partial charge >= 0.3 is 0 Å². The van der Waals surface area contributed by atoms with Crippen molar-refractivity contribution in [3.8, 4) is 17.1 Å². The van der Waals surface area contributed by atoms with Crippen LogP contribution >= 0.6 is 0 Å². The Bertz CT molecular complexity index is 1360. The van der Waals surface area contributed by atoms with Gasteiger partial charge in [-0.3, -0.25) is 9.59 Å². The Balaban J connectivity index is 1.75. The molecule has 0 saturated heterocycles. The molecule has 0 fully saturated rings. The predicted octanol–water partition coefficient (Wildman–Crippen LogP) is 5.19. The minimum absolute atomic E-state index is 0.141. The molecule has 0 unspecified atom stereocenters. The van der Waals surface area contributed by atoms with Gasteiger partial charge in [-0.05, 0) is 36.8 Å². The highest BCUT2D eigenvalue weighted by Crippen LogP contribution is 2.28. The SMILES string of the molecule is COc1ccc(CN(C)C(=O)c2cccc3c(=O)c(C)c(-c4ccccc4)oc23)cc1F. The van der Waals surface area contributed by atoms with Crippen LogP contribution < -0.4 is 10.2 Å². The number of carbonyl (C=O) groups excluding carboxylic acids is 1. The standard InChI is InChI=1S/C26H22FNO4/c1-16-23(29)19-10-7-11-20(25(19)32-24(16)18-8-5-4-6-9-18)26(30)28(2)15-17-12-13-22(31-3)21(27)14-17/h4-14H,15H2,1-3H3. The van der Waals surface area contributed by atoms with E-state index in [0.717, 1.165) is 5.56 Å². The fourth-order valence-corrected chi connectivity index (χ4v) is 3.70. The van der Waals surface area contributed by atoms with Crippen molar-refractivity contribution in [3.63, 3.8) is 0 Å². The van der Waals surface area contributed by atoms with Crippen LogP contribution in [0.25, 0.3) is 22.3 Å². The van der Waals surface area contributed by atoms with Gasteiger partial charge in [0.15, 0.2) is 22.6 Å². The highest BCUT2D eigenvalue weighted by molar-refractivity contribution is 6.05. The molecule has 0 atom stereocenters. The fourth-order valence-electron chi connectivity index (χ4n) is 3.70. The molecule has 1 heterocycles. The third-order valence-electron chi connectivity index (χ3n) is 5.39. The summed E-state index contributed by atoms with van der Waals surface area (Å²) >= 11 is 0. The van der Waals surface area contributed by atoms with Crippen LogP contribution in [0.4, 0.5) is 4.39 Å². The van der Waals surface area contributed by atoms with Crippen molar-refractivity contribution < 1.29 is 18.3 Å². The highest BCUT2D eigenvalue weighted by atomic mass is 19.1. The highest BCUT2D eigenvalue weighted by Gasteiger charge is 2.21. The second-order valence-electron chi connectivity index (χ2n) is 7.56. The summed E-state index contributed by atoms with van der Waals surface area (Å²) in [5, 5.41) is 0.344. The van der Waals surface area contributed by atoms with Gasteiger partial charge in [0.2, 0.25) is 0 Å². The lowest BCUT2D eigenvalue weighted by molar-refractivity contribution is 0.0785. The van der Waals surface area contributed by atoms with Crippen molar-refractivity contribution in [1.82, 2.24) is 4.90 Å². The molecular formula is C26H22FNO4. The molecule has 1 aromatic heterocycles. The Morgan fingerprint density at radius 2 is 1.81 bits per heavy atom. The molecule has 1 amide bonds. The molecular weight excluding hydrogens is 409 g/mol. The van der Waals surface area contributed by atoms with Gasteiger partial charge in [-0.25, -0.2) is 4.39 Å². The number of hydrogen-bond donors (Lipinski definition) is 0. The molecule has 6 heteroatoms. The summed E-state index contributed by atoms with van der Waals surface area (Å²) in [7, 11) is 3.02. The molecule has 3 aromatic carbocycles. The van der Waals surface area contributed by atoms with Crippen molar-refractivity contribution in [2.75, 3.05) is 14.2 Å². The minimum Gasteiger partial charge on any atom is -0.494 e. The Hall–Kier alpha value is -3.93. The Kier molecular flexibility index (Phi) is 5.77. The third-order valence-corrected chi connectivity index (χ3v) is 5.39. The maximum atomic E-state index is 14.0. The van der Waals surface area contributed by atoms with E-state index in [4.69, 9.17) is 9.15 Å². The monoisotopic (exact) mass is 431 g/mol. The van der Waals surface area contributed by atoms with E-state index < -0.39 is 5.82 Å². The third kappa shape index (κ3) is 3.87. The van der Waals surface area contributed by atoms with E-state index in [1.54, 1.807) is 38.2 Å². The lowest BCUT2D eigenvalue weighted by Gasteiger charge is -2.19. The van der Waals surface area contributed by atoms with E-state index in [1.807, 2.05) is 30.3 Å². The van der Waals surface area contributed by atoms with E-state index >= 15 is 0 Å². The number of amides is 1. The number of halogens is 1. The summed E-state index contributed by atoms with van der Waals surface area (Å²) in [5.74, 6) is -0.256. The van der Waals surface area contributed by atoms with Crippen LogP contribution in [-0.4, -0.2) is 25.0 Å². The van der Waals surface area contributed by atoms with Gasteiger partial charge in [0, 0.05) is 24.7 Å².